The van der Waals surface area contributed by atoms with E-state index in [4.69, 9.17) is 0 Å². The minimum atomic E-state index is -4.34. The molecule has 1 N–H and O–H groups in total. The van der Waals surface area contributed by atoms with Crippen LogP contribution in [0.25, 0.3) is 16.7 Å². The number of anilines is 1. The van der Waals surface area contributed by atoms with Gasteiger partial charge in [0.1, 0.15) is 6.33 Å². The largest absolute Gasteiger partial charge is 0.389 e. The van der Waals surface area contributed by atoms with Gasteiger partial charge in [-0.2, -0.15) is 13.2 Å². The van der Waals surface area contributed by atoms with Gasteiger partial charge in [-0.15, -0.1) is 0 Å². The predicted molar refractivity (Wildman–Crippen MR) is 92.7 cm³/mol. The van der Waals surface area contributed by atoms with Gasteiger partial charge in [-0.3, -0.25) is 9.36 Å². The molecule has 0 aliphatic rings. The van der Waals surface area contributed by atoms with Gasteiger partial charge in [0, 0.05) is 22.3 Å². The summed E-state index contributed by atoms with van der Waals surface area (Å²) in [5, 5.41) is 2.49. The van der Waals surface area contributed by atoms with Crippen LogP contribution in [0.2, 0.25) is 0 Å². The molecule has 0 aliphatic heterocycles. The molecular weight excluding hydrogens is 399 g/mol. The van der Waals surface area contributed by atoms with Crippen LogP contribution in [0.5, 0.6) is 0 Å². The fourth-order valence-electron chi connectivity index (χ4n) is 2.40. The summed E-state index contributed by atoms with van der Waals surface area (Å²) < 4.78 is 39.3. The summed E-state index contributed by atoms with van der Waals surface area (Å²) in [5.74, 6) is -0.672. The lowest BCUT2D eigenvalue weighted by Crippen LogP contribution is -2.16. The molecule has 1 amide bonds. The van der Waals surface area contributed by atoms with E-state index in [0.717, 1.165) is 21.2 Å². The molecule has 0 unspecified atom stereocenters. The Morgan fingerprint density at radius 2 is 2.00 bits per heavy atom. The second-order valence-electron chi connectivity index (χ2n) is 5.46. The van der Waals surface area contributed by atoms with E-state index < -0.39 is 24.9 Å². The third-order valence-corrected chi connectivity index (χ3v) is 4.05. The number of nitrogens with zero attached hydrogens (tertiary/aromatic N) is 2. The topological polar surface area (TPSA) is 46.9 Å². The molecule has 0 aliphatic carbocycles. The number of hydrogen-bond donors (Lipinski definition) is 1. The number of alkyl halides is 3. The third kappa shape index (κ3) is 4.39. The average Bonchev–Trinajstić information content (AvgIpc) is 2.95. The number of fused-ring (bicyclic) bond motifs is 1. The van der Waals surface area contributed by atoms with Gasteiger partial charge in [-0.1, -0.05) is 22.0 Å². The molecule has 1 heterocycles. The average molecular weight is 412 g/mol. The fourth-order valence-corrected chi connectivity index (χ4v) is 2.75. The molecule has 0 radical (unpaired) electrons. The monoisotopic (exact) mass is 411 g/mol. The fraction of sp³-hybridized carbons (Fsp3) is 0.176. The van der Waals surface area contributed by atoms with Gasteiger partial charge in [-0.25, -0.2) is 4.98 Å². The molecule has 0 saturated heterocycles. The lowest BCUT2D eigenvalue weighted by atomic mass is 10.2. The Morgan fingerprint density at radius 3 is 2.76 bits per heavy atom. The number of imidazole rings is 1. The maximum absolute atomic E-state index is 12.2. The van der Waals surface area contributed by atoms with Crippen molar-refractivity contribution in [2.75, 3.05) is 5.32 Å². The summed E-state index contributed by atoms with van der Waals surface area (Å²) in [5.41, 5.74) is 2.86. The second kappa shape index (κ2) is 6.87. The lowest BCUT2D eigenvalue weighted by molar-refractivity contribution is -0.142. The summed E-state index contributed by atoms with van der Waals surface area (Å²) in [6, 6.07) is 12.5. The Morgan fingerprint density at radius 1 is 1.20 bits per heavy atom. The molecule has 25 heavy (non-hydrogen) atoms. The third-order valence-electron chi connectivity index (χ3n) is 3.55. The first kappa shape index (κ1) is 17.5. The highest BCUT2D eigenvalue weighted by Gasteiger charge is 2.27. The second-order valence-corrected chi connectivity index (χ2v) is 6.38. The maximum Gasteiger partial charge on any atom is 0.389 e. The molecule has 0 fully saturated rings. The number of benzene rings is 2. The van der Waals surface area contributed by atoms with Gasteiger partial charge in [0.25, 0.3) is 0 Å². The van der Waals surface area contributed by atoms with E-state index in [1.165, 1.54) is 0 Å². The Balaban J connectivity index is 1.80. The van der Waals surface area contributed by atoms with Crippen molar-refractivity contribution in [3.8, 4) is 5.69 Å². The van der Waals surface area contributed by atoms with Crippen LogP contribution in [0, 0.1) is 0 Å². The van der Waals surface area contributed by atoms with Crippen molar-refractivity contribution < 1.29 is 18.0 Å². The van der Waals surface area contributed by atoms with Gasteiger partial charge < -0.3 is 5.32 Å². The Hall–Kier alpha value is -2.35. The van der Waals surface area contributed by atoms with Crippen molar-refractivity contribution in [3.05, 3.63) is 53.3 Å². The van der Waals surface area contributed by atoms with E-state index in [1.807, 2.05) is 28.8 Å². The molecule has 0 spiro atoms. The SMILES string of the molecule is O=C(CCC(F)(F)F)Nc1cccc(-n2cnc3cc(Br)ccc32)c1. The van der Waals surface area contributed by atoms with Gasteiger partial charge in [0.2, 0.25) is 5.91 Å². The zero-order valence-corrected chi connectivity index (χ0v) is 14.4. The highest BCUT2D eigenvalue weighted by Crippen LogP contribution is 2.24. The zero-order chi connectivity index (χ0) is 18.0. The van der Waals surface area contributed by atoms with E-state index in [2.05, 4.69) is 26.2 Å². The molecule has 8 heteroatoms. The Bertz CT molecular complexity index is 921. The minimum absolute atomic E-state index is 0.434. The summed E-state index contributed by atoms with van der Waals surface area (Å²) in [4.78, 5) is 16.0. The van der Waals surface area contributed by atoms with E-state index in [0.29, 0.717) is 5.69 Å². The van der Waals surface area contributed by atoms with Crippen LogP contribution < -0.4 is 5.32 Å². The molecule has 4 nitrogen and oxygen atoms in total. The number of hydrogen-bond acceptors (Lipinski definition) is 2. The molecule has 0 atom stereocenters. The molecule has 3 rings (SSSR count). The number of rotatable bonds is 4. The van der Waals surface area contributed by atoms with Crippen molar-refractivity contribution in [2.24, 2.45) is 0 Å². The standard InChI is InChI=1S/C17H13BrF3N3O/c18-11-4-5-15-14(8-11)22-10-24(15)13-3-1-2-12(9-13)23-16(25)6-7-17(19,20)21/h1-5,8-10H,6-7H2,(H,23,25). The first-order chi connectivity index (χ1) is 11.8. The molecule has 3 aromatic rings. The van der Waals surface area contributed by atoms with Crippen LogP contribution in [-0.4, -0.2) is 21.6 Å². The minimum Gasteiger partial charge on any atom is -0.326 e. The summed E-state index contributed by atoms with van der Waals surface area (Å²) in [7, 11) is 0. The summed E-state index contributed by atoms with van der Waals surface area (Å²) >= 11 is 3.39. The number of amides is 1. The van der Waals surface area contributed by atoms with E-state index in [9.17, 15) is 18.0 Å². The number of halogens is 4. The van der Waals surface area contributed by atoms with Crippen molar-refractivity contribution in [1.82, 2.24) is 9.55 Å². The summed E-state index contributed by atoms with van der Waals surface area (Å²) in [6.45, 7) is 0. The summed E-state index contributed by atoms with van der Waals surface area (Å²) in [6.07, 6.45) is -4.43. The van der Waals surface area contributed by atoms with E-state index >= 15 is 0 Å². The first-order valence-corrected chi connectivity index (χ1v) is 8.21. The quantitative estimate of drug-likeness (QED) is 0.651. The van der Waals surface area contributed by atoms with Gasteiger partial charge in [-0.05, 0) is 36.4 Å². The highest BCUT2D eigenvalue weighted by atomic mass is 79.9. The highest BCUT2D eigenvalue weighted by molar-refractivity contribution is 9.10. The van der Waals surface area contributed by atoms with Crippen molar-refractivity contribution in [1.29, 1.82) is 0 Å². The molecule has 0 saturated carbocycles. The Kier molecular flexibility index (Phi) is 4.80. The van der Waals surface area contributed by atoms with Crippen LogP contribution in [-0.2, 0) is 4.79 Å². The number of aromatic nitrogens is 2. The van der Waals surface area contributed by atoms with E-state index in [1.54, 1.807) is 24.5 Å². The molecule has 0 bridgehead atoms. The maximum atomic E-state index is 12.2. The zero-order valence-electron chi connectivity index (χ0n) is 12.8. The smallest absolute Gasteiger partial charge is 0.326 e. The predicted octanol–water partition coefficient (Wildman–Crippen LogP) is 5.07. The van der Waals surface area contributed by atoms with E-state index in [-0.39, 0.29) is 0 Å². The molecular formula is C17H13BrF3N3O. The number of carbonyl (C=O) groups is 1. The van der Waals surface area contributed by atoms with Gasteiger partial charge in [0.05, 0.1) is 17.5 Å². The van der Waals surface area contributed by atoms with Crippen LogP contribution in [0.3, 0.4) is 0 Å². The molecule has 1 aromatic heterocycles. The van der Waals surface area contributed by atoms with Crippen molar-refractivity contribution in [3.63, 3.8) is 0 Å². The molecule has 2 aromatic carbocycles. The van der Waals surface area contributed by atoms with Gasteiger partial charge in [0.15, 0.2) is 0 Å². The van der Waals surface area contributed by atoms with Crippen LogP contribution in [0.4, 0.5) is 18.9 Å². The van der Waals surface area contributed by atoms with Crippen LogP contribution in [0.15, 0.2) is 53.3 Å². The van der Waals surface area contributed by atoms with Gasteiger partial charge >= 0.3 is 6.18 Å². The molecule has 130 valence electrons. The van der Waals surface area contributed by atoms with Crippen molar-refractivity contribution in [2.45, 2.75) is 19.0 Å². The normalized spacial score (nSPS) is 11.7. The van der Waals surface area contributed by atoms with Crippen molar-refractivity contribution >= 4 is 38.6 Å². The van der Waals surface area contributed by atoms with Crippen LogP contribution >= 0.6 is 15.9 Å². The number of carbonyl (C=O) groups excluding carboxylic acids is 1. The number of nitrogens with one attached hydrogen (secondary N) is 1. The van der Waals surface area contributed by atoms with Crippen LogP contribution in [0.1, 0.15) is 12.8 Å². The lowest BCUT2D eigenvalue weighted by Gasteiger charge is -2.10. The first-order valence-electron chi connectivity index (χ1n) is 7.41. The Labute approximate surface area is 149 Å².